The van der Waals surface area contributed by atoms with E-state index in [4.69, 9.17) is 9.47 Å². The number of anilines is 2. The molecule has 2 heterocycles. The minimum atomic E-state index is -0.258. The molecule has 0 aromatic carbocycles. The van der Waals surface area contributed by atoms with E-state index in [1.54, 1.807) is 6.20 Å². The lowest BCUT2D eigenvalue weighted by Gasteiger charge is -2.29. The molecule has 0 spiro atoms. The third-order valence-corrected chi connectivity index (χ3v) is 5.01. The summed E-state index contributed by atoms with van der Waals surface area (Å²) in [4.78, 5) is 18.6. The number of urea groups is 1. The van der Waals surface area contributed by atoms with Crippen molar-refractivity contribution in [2.24, 2.45) is 0 Å². The molecule has 1 aromatic rings. The van der Waals surface area contributed by atoms with Crippen molar-refractivity contribution in [3.8, 4) is 0 Å². The van der Waals surface area contributed by atoms with Gasteiger partial charge in [0.1, 0.15) is 5.82 Å². The summed E-state index contributed by atoms with van der Waals surface area (Å²) in [6.45, 7) is 7.67. The number of carbonyl (C=O) groups is 1. The van der Waals surface area contributed by atoms with Crippen LogP contribution >= 0.6 is 15.9 Å². The van der Waals surface area contributed by atoms with Crippen molar-refractivity contribution in [1.29, 1.82) is 0 Å². The van der Waals surface area contributed by atoms with Gasteiger partial charge >= 0.3 is 6.03 Å². The standard InChI is InChI=1S/C16H23BrN4O3/c1-3-24-16(2)9-13(16)19-15(22)20-14-8-12(11(17)10-18-14)21-4-6-23-7-5-21/h8,10,13H,3-7,9H2,1-2H3,(H2,18,19,20,22)/t13-,16+/m1/s1. The number of halogens is 1. The molecule has 2 aliphatic rings. The summed E-state index contributed by atoms with van der Waals surface area (Å²) in [5.41, 5.74) is 0.771. The fraction of sp³-hybridized carbons (Fsp3) is 0.625. The number of pyridine rings is 1. The number of morpholine rings is 1. The summed E-state index contributed by atoms with van der Waals surface area (Å²) in [6.07, 6.45) is 2.54. The number of ether oxygens (including phenoxy) is 2. The zero-order valence-electron chi connectivity index (χ0n) is 14.0. The molecule has 2 N–H and O–H groups in total. The quantitative estimate of drug-likeness (QED) is 0.795. The first-order valence-corrected chi connectivity index (χ1v) is 9.01. The van der Waals surface area contributed by atoms with Crippen LogP contribution in [-0.4, -0.2) is 55.6 Å². The van der Waals surface area contributed by atoms with Gasteiger partial charge in [0.05, 0.1) is 35.0 Å². The van der Waals surface area contributed by atoms with Gasteiger partial charge in [-0.1, -0.05) is 0 Å². The Bertz CT molecular complexity index is 609. The number of nitrogens with one attached hydrogen (secondary N) is 2. The van der Waals surface area contributed by atoms with Gasteiger partial charge in [-0.05, 0) is 29.8 Å². The molecular weight excluding hydrogens is 376 g/mol. The van der Waals surface area contributed by atoms with Gasteiger partial charge in [0.25, 0.3) is 0 Å². The SMILES string of the molecule is CCO[C@@]1(C)C[C@H]1NC(=O)Nc1cc(N2CCOCC2)c(Br)cn1. The van der Waals surface area contributed by atoms with Crippen molar-refractivity contribution in [2.75, 3.05) is 43.1 Å². The summed E-state index contributed by atoms with van der Waals surface area (Å²) in [7, 11) is 0. The highest BCUT2D eigenvalue weighted by atomic mass is 79.9. The highest BCUT2D eigenvalue weighted by Crippen LogP contribution is 2.39. The van der Waals surface area contributed by atoms with Crippen LogP contribution in [0.1, 0.15) is 20.3 Å². The van der Waals surface area contributed by atoms with E-state index < -0.39 is 0 Å². The lowest BCUT2D eigenvalue weighted by atomic mass is 10.3. The summed E-state index contributed by atoms with van der Waals surface area (Å²) in [5, 5.41) is 5.74. The Morgan fingerprint density at radius 2 is 2.29 bits per heavy atom. The van der Waals surface area contributed by atoms with E-state index in [-0.39, 0.29) is 17.7 Å². The van der Waals surface area contributed by atoms with Crippen molar-refractivity contribution in [3.05, 3.63) is 16.7 Å². The molecule has 1 aromatic heterocycles. The molecule has 0 bridgehead atoms. The molecule has 1 aliphatic carbocycles. The van der Waals surface area contributed by atoms with Crippen LogP contribution in [0.2, 0.25) is 0 Å². The number of aromatic nitrogens is 1. The molecule has 2 fully saturated rings. The third kappa shape index (κ3) is 3.99. The molecule has 1 saturated carbocycles. The monoisotopic (exact) mass is 398 g/mol. The second-order valence-corrected chi connectivity index (χ2v) is 7.08. The molecule has 2 amide bonds. The van der Waals surface area contributed by atoms with Gasteiger partial charge in [-0.25, -0.2) is 9.78 Å². The number of nitrogens with zero attached hydrogens (tertiary/aromatic N) is 2. The lowest BCUT2D eigenvalue weighted by molar-refractivity contribution is 0.0494. The van der Waals surface area contributed by atoms with Crippen LogP contribution in [0.5, 0.6) is 0 Å². The van der Waals surface area contributed by atoms with Crippen molar-refractivity contribution in [1.82, 2.24) is 10.3 Å². The van der Waals surface area contributed by atoms with Crippen molar-refractivity contribution < 1.29 is 14.3 Å². The van der Waals surface area contributed by atoms with Crippen LogP contribution in [-0.2, 0) is 9.47 Å². The van der Waals surface area contributed by atoms with Crippen LogP contribution in [0, 0.1) is 0 Å². The van der Waals surface area contributed by atoms with Crippen LogP contribution in [0.25, 0.3) is 0 Å². The maximum Gasteiger partial charge on any atom is 0.320 e. The highest BCUT2D eigenvalue weighted by molar-refractivity contribution is 9.10. The summed E-state index contributed by atoms with van der Waals surface area (Å²) < 4.78 is 11.9. The predicted molar refractivity (Wildman–Crippen MR) is 95.6 cm³/mol. The fourth-order valence-corrected chi connectivity index (χ4v) is 3.36. The van der Waals surface area contributed by atoms with Crippen LogP contribution in [0.3, 0.4) is 0 Å². The summed E-state index contributed by atoms with van der Waals surface area (Å²) >= 11 is 3.52. The van der Waals surface area contributed by atoms with E-state index in [1.165, 1.54) is 0 Å². The van der Waals surface area contributed by atoms with Crippen molar-refractivity contribution in [2.45, 2.75) is 31.9 Å². The van der Waals surface area contributed by atoms with Crippen LogP contribution < -0.4 is 15.5 Å². The third-order valence-electron chi connectivity index (χ3n) is 4.39. The molecular formula is C16H23BrN4O3. The van der Waals surface area contributed by atoms with E-state index in [1.807, 2.05) is 19.9 Å². The zero-order valence-corrected chi connectivity index (χ0v) is 15.6. The number of hydrogen-bond acceptors (Lipinski definition) is 5. The smallest absolute Gasteiger partial charge is 0.320 e. The maximum absolute atomic E-state index is 12.2. The second-order valence-electron chi connectivity index (χ2n) is 6.22. The Hall–Kier alpha value is -1.38. The Labute approximate surface area is 150 Å². The fourth-order valence-electron chi connectivity index (χ4n) is 2.89. The van der Waals surface area contributed by atoms with Crippen molar-refractivity contribution in [3.63, 3.8) is 0 Å². The Morgan fingerprint density at radius 3 is 3.00 bits per heavy atom. The first-order valence-electron chi connectivity index (χ1n) is 8.21. The minimum Gasteiger partial charge on any atom is -0.378 e. The normalized spacial score (nSPS) is 26.1. The average molecular weight is 399 g/mol. The molecule has 8 heteroatoms. The number of amides is 2. The number of carbonyl (C=O) groups excluding carboxylic acids is 1. The Morgan fingerprint density at radius 1 is 1.54 bits per heavy atom. The van der Waals surface area contributed by atoms with Gasteiger partial charge in [-0.15, -0.1) is 0 Å². The Balaban J connectivity index is 1.60. The largest absolute Gasteiger partial charge is 0.378 e. The molecule has 132 valence electrons. The van der Waals surface area contributed by atoms with E-state index in [0.717, 1.165) is 29.7 Å². The van der Waals surface area contributed by atoms with Crippen molar-refractivity contribution >= 4 is 33.5 Å². The summed E-state index contributed by atoms with van der Waals surface area (Å²) in [6, 6.07) is 1.67. The lowest BCUT2D eigenvalue weighted by Crippen LogP contribution is -2.37. The molecule has 0 radical (unpaired) electrons. The van der Waals surface area contributed by atoms with Crippen LogP contribution in [0.15, 0.2) is 16.7 Å². The van der Waals surface area contributed by atoms with E-state index in [2.05, 4.69) is 36.4 Å². The van der Waals surface area contributed by atoms with Gasteiger partial charge in [-0.2, -0.15) is 0 Å². The molecule has 3 rings (SSSR count). The van der Waals surface area contributed by atoms with Gasteiger partial charge in [0, 0.05) is 38.4 Å². The van der Waals surface area contributed by atoms with E-state index in [0.29, 0.717) is 25.6 Å². The Kier molecular flexibility index (Phi) is 5.27. The number of hydrogen-bond donors (Lipinski definition) is 2. The van der Waals surface area contributed by atoms with E-state index in [9.17, 15) is 4.79 Å². The molecule has 0 unspecified atom stereocenters. The van der Waals surface area contributed by atoms with Gasteiger partial charge in [0.15, 0.2) is 0 Å². The topological polar surface area (TPSA) is 75.7 Å². The van der Waals surface area contributed by atoms with Gasteiger partial charge in [-0.3, -0.25) is 5.32 Å². The minimum absolute atomic E-state index is 0.0478. The maximum atomic E-state index is 12.2. The second kappa shape index (κ2) is 7.25. The molecule has 24 heavy (non-hydrogen) atoms. The van der Waals surface area contributed by atoms with Gasteiger partial charge in [0.2, 0.25) is 0 Å². The first kappa shape index (κ1) is 17.4. The summed E-state index contributed by atoms with van der Waals surface area (Å²) in [5.74, 6) is 0.524. The number of rotatable bonds is 5. The highest BCUT2D eigenvalue weighted by Gasteiger charge is 2.52. The van der Waals surface area contributed by atoms with E-state index >= 15 is 0 Å². The zero-order chi connectivity index (χ0) is 17.2. The predicted octanol–water partition coefficient (Wildman–Crippen LogP) is 2.37. The molecule has 2 atom stereocenters. The van der Waals surface area contributed by atoms with Gasteiger partial charge < -0.3 is 19.7 Å². The van der Waals surface area contributed by atoms with Crippen LogP contribution in [0.4, 0.5) is 16.3 Å². The molecule has 1 saturated heterocycles. The first-order chi connectivity index (χ1) is 11.5. The molecule has 7 nitrogen and oxygen atoms in total. The average Bonchev–Trinajstić information content (AvgIpc) is 3.19. The molecule has 1 aliphatic heterocycles.